The number of halogens is 2. The smallest absolute Gasteiger partial charge is 0.301 e. The number of aromatic nitrogens is 2. The Balaban J connectivity index is 1.51. The Morgan fingerprint density at radius 3 is 2.75 bits per heavy atom. The SMILES string of the molecule is CCN(C)S(=O)(=O)Nc1ccc(F)c(Oc2ccc3ncn(C4CCC5(CCNCC5)C4)c(=O)c3c2Cl)c1C#N. The van der Waals surface area contributed by atoms with Crippen LogP contribution in [0.3, 0.4) is 0 Å². The van der Waals surface area contributed by atoms with Gasteiger partial charge in [-0.05, 0) is 74.9 Å². The molecule has 0 bridgehead atoms. The van der Waals surface area contributed by atoms with Crippen molar-refractivity contribution in [2.45, 2.75) is 45.1 Å². The molecule has 0 amide bonds. The van der Waals surface area contributed by atoms with Crippen LogP contribution in [0.5, 0.6) is 11.5 Å². The molecule has 13 heteroatoms. The fraction of sp³-hybridized carbons (Fsp3) is 0.444. The molecule has 212 valence electrons. The topological polar surface area (TPSA) is 129 Å². The third-order valence-electron chi connectivity index (χ3n) is 8.12. The number of fused-ring (bicyclic) bond motifs is 1. The summed E-state index contributed by atoms with van der Waals surface area (Å²) in [6, 6.07) is 6.91. The number of anilines is 1. The lowest BCUT2D eigenvalue weighted by Gasteiger charge is -2.34. The van der Waals surface area contributed by atoms with E-state index in [2.05, 4.69) is 15.0 Å². The molecule has 1 atom stereocenters. The Bertz CT molecular complexity index is 1670. The lowest BCUT2D eigenvalue weighted by atomic mass is 9.77. The number of nitrogens with one attached hydrogen (secondary N) is 2. The summed E-state index contributed by atoms with van der Waals surface area (Å²) in [5.74, 6) is -1.48. The van der Waals surface area contributed by atoms with E-state index in [1.807, 2.05) is 6.07 Å². The lowest BCUT2D eigenvalue weighted by molar-refractivity contribution is 0.201. The molecule has 1 aromatic heterocycles. The fourth-order valence-electron chi connectivity index (χ4n) is 5.68. The van der Waals surface area contributed by atoms with Crippen molar-refractivity contribution in [3.8, 4) is 17.6 Å². The van der Waals surface area contributed by atoms with Gasteiger partial charge in [-0.15, -0.1) is 0 Å². The highest BCUT2D eigenvalue weighted by molar-refractivity contribution is 7.90. The second-order valence-electron chi connectivity index (χ2n) is 10.4. The zero-order valence-electron chi connectivity index (χ0n) is 22.2. The van der Waals surface area contributed by atoms with Gasteiger partial charge in [0.2, 0.25) is 0 Å². The molecule has 40 heavy (non-hydrogen) atoms. The van der Waals surface area contributed by atoms with E-state index < -0.39 is 21.8 Å². The van der Waals surface area contributed by atoms with E-state index in [1.54, 1.807) is 17.8 Å². The first kappa shape index (κ1) is 28.3. The van der Waals surface area contributed by atoms with Gasteiger partial charge in [0, 0.05) is 19.6 Å². The summed E-state index contributed by atoms with van der Waals surface area (Å²) >= 11 is 6.66. The molecule has 1 saturated heterocycles. The number of hydrogen-bond acceptors (Lipinski definition) is 7. The molecule has 2 heterocycles. The molecule has 0 radical (unpaired) electrons. The van der Waals surface area contributed by atoms with Gasteiger partial charge >= 0.3 is 10.2 Å². The van der Waals surface area contributed by atoms with Gasteiger partial charge in [0.15, 0.2) is 11.6 Å². The predicted molar refractivity (Wildman–Crippen MR) is 150 cm³/mol. The van der Waals surface area contributed by atoms with Crippen LogP contribution in [-0.4, -0.2) is 49.0 Å². The Labute approximate surface area is 236 Å². The van der Waals surface area contributed by atoms with E-state index in [1.165, 1.54) is 19.2 Å². The van der Waals surface area contributed by atoms with E-state index in [4.69, 9.17) is 16.3 Å². The molecule has 2 fully saturated rings. The Morgan fingerprint density at radius 1 is 1.30 bits per heavy atom. The third-order valence-corrected chi connectivity index (χ3v) is 10.0. The molecule has 1 unspecified atom stereocenters. The maximum absolute atomic E-state index is 14.9. The van der Waals surface area contributed by atoms with E-state index in [0.717, 1.165) is 61.6 Å². The molecule has 2 N–H and O–H groups in total. The van der Waals surface area contributed by atoms with E-state index in [-0.39, 0.29) is 51.0 Å². The largest absolute Gasteiger partial charge is 0.451 e. The number of nitrogens with zero attached hydrogens (tertiary/aromatic N) is 4. The van der Waals surface area contributed by atoms with Crippen LogP contribution in [0, 0.1) is 22.6 Å². The maximum atomic E-state index is 14.9. The van der Waals surface area contributed by atoms with Crippen molar-refractivity contribution < 1.29 is 17.5 Å². The van der Waals surface area contributed by atoms with Crippen molar-refractivity contribution in [1.29, 1.82) is 5.26 Å². The van der Waals surface area contributed by atoms with Gasteiger partial charge < -0.3 is 10.1 Å². The second-order valence-corrected chi connectivity index (χ2v) is 12.6. The molecule has 1 spiro atoms. The quantitative estimate of drug-likeness (QED) is 0.414. The number of nitriles is 1. The fourth-order valence-corrected chi connectivity index (χ4v) is 6.90. The highest BCUT2D eigenvalue weighted by Gasteiger charge is 2.40. The van der Waals surface area contributed by atoms with Crippen LogP contribution < -0.4 is 20.3 Å². The second kappa shape index (κ2) is 11.0. The summed E-state index contributed by atoms with van der Waals surface area (Å²) in [7, 11) is -2.63. The molecule has 1 aliphatic carbocycles. The molecular weight excluding hydrogens is 559 g/mol. The van der Waals surface area contributed by atoms with Crippen LogP contribution in [0.2, 0.25) is 5.02 Å². The van der Waals surface area contributed by atoms with Crippen LogP contribution >= 0.6 is 11.6 Å². The first-order chi connectivity index (χ1) is 19.1. The van der Waals surface area contributed by atoms with Crippen molar-refractivity contribution in [3.05, 3.63) is 57.3 Å². The van der Waals surface area contributed by atoms with Gasteiger partial charge in [0.05, 0.1) is 27.9 Å². The van der Waals surface area contributed by atoms with Crippen molar-refractivity contribution in [1.82, 2.24) is 19.2 Å². The van der Waals surface area contributed by atoms with Crippen LogP contribution in [0.1, 0.15) is 50.6 Å². The number of piperidine rings is 1. The number of benzene rings is 2. The van der Waals surface area contributed by atoms with Gasteiger partial charge in [0.25, 0.3) is 5.56 Å². The average molecular weight is 589 g/mol. The van der Waals surface area contributed by atoms with E-state index >= 15 is 0 Å². The minimum Gasteiger partial charge on any atom is -0.451 e. The number of ether oxygens (including phenoxy) is 1. The molecule has 5 rings (SSSR count). The summed E-state index contributed by atoms with van der Waals surface area (Å²) < 4.78 is 50.7. The first-order valence-corrected chi connectivity index (χ1v) is 15.0. The van der Waals surface area contributed by atoms with Crippen LogP contribution in [0.15, 0.2) is 35.4 Å². The summed E-state index contributed by atoms with van der Waals surface area (Å²) in [4.78, 5) is 18.1. The number of rotatable bonds is 7. The summed E-state index contributed by atoms with van der Waals surface area (Å²) in [6.07, 6.45) is 6.52. The molecule has 2 aromatic carbocycles. The van der Waals surface area contributed by atoms with Crippen molar-refractivity contribution >= 4 is 38.4 Å². The summed E-state index contributed by atoms with van der Waals surface area (Å²) in [5, 5.41) is 13.3. The highest BCUT2D eigenvalue weighted by Crippen LogP contribution is 2.49. The third kappa shape index (κ3) is 5.14. The van der Waals surface area contributed by atoms with Gasteiger partial charge in [0.1, 0.15) is 17.4 Å². The molecular formula is C27H30ClFN6O4S. The summed E-state index contributed by atoms with van der Waals surface area (Å²) in [6.45, 7) is 3.78. The zero-order valence-corrected chi connectivity index (χ0v) is 23.8. The Kier molecular flexibility index (Phi) is 7.76. The molecule has 3 aromatic rings. The monoisotopic (exact) mass is 588 g/mol. The van der Waals surface area contributed by atoms with Crippen molar-refractivity contribution in [2.24, 2.45) is 5.41 Å². The van der Waals surface area contributed by atoms with Crippen molar-refractivity contribution in [3.63, 3.8) is 0 Å². The minimum absolute atomic E-state index is 0.00302. The van der Waals surface area contributed by atoms with Gasteiger partial charge in [-0.1, -0.05) is 18.5 Å². The highest BCUT2D eigenvalue weighted by atomic mass is 35.5. The van der Waals surface area contributed by atoms with E-state index in [0.29, 0.717) is 5.52 Å². The van der Waals surface area contributed by atoms with E-state index in [9.17, 15) is 22.9 Å². The first-order valence-electron chi connectivity index (χ1n) is 13.1. The zero-order chi connectivity index (χ0) is 28.7. The molecule has 2 aliphatic rings. The summed E-state index contributed by atoms with van der Waals surface area (Å²) in [5.41, 5.74) is -0.262. The van der Waals surface area contributed by atoms with Gasteiger partial charge in [-0.3, -0.25) is 14.1 Å². The van der Waals surface area contributed by atoms with Crippen molar-refractivity contribution in [2.75, 3.05) is 31.4 Å². The predicted octanol–water partition coefficient (Wildman–Crippen LogP) is 4.56. The Morgan fingerprint density at radius 2 is 2.05 bits per heavy atom. The number of hydrogen-bond donors (Lipinski definition) is 2. The standard InChI is InChI=1S/C27H30ClFN6O4S/c1-3-34(2)40(37,38)33-20-5-4-19(29)25(18(20)15-30)39-22-7-6-21-23(24(22)28)26(36)35(16-32-21)17-8-9-27(14-17)10-12-31-13-11-27/h4-7,16-17,31,33H,3,8-14H2,1-2H3. The molecule has 1 saturated carbocycles. The Hall–Kier alpha value is -3.24. The van der Waals surface area contributed by atoms with Crippen LogP contribution in [0.4, 0.5) is 10.1 Å². The maximum Gasteiger partial charge on any atom is 0.301 e. The van der Waals surface area contributed by atoms with Gasteiger partial charge in [-0.25, -0.2) is 9.37 Å². The van der Waals surface area contributed by atoms with Crippen LogP contribution in [0.25, 0.3) is 10.9 Å². The minimum atomic E-state index is -3.99. The normalized spacial score (nSPS) is 18.8. The van der Waals surface area contributed by atoms with Crippen LogP contribution in [-0.2, 0) is 10.2 Å². The molecule has 1 aliphatic heterocycles. The molecule has 10 nitrogen and oxygen atoms in total. The van der Waals surface area contributed by atoms with Gasteiger partial charge in [-0.2, -0.15) is 18.0 Å². The lowest BCUT2D eigenvalue weighted by Crippen LogP contribution is -2.35. The average Bonchev–Trinajstić information content (AvgIpc) is 3.34.